The minimum Gasteiger partial charge on any atom is -0.311 e. The molecule has 0 saturated carbocycles. The number of hydrogen-bond donors (Lipinski definition) is 1. The first-order valence-corrected chi connectivity index (χ1v) is 4.23. The van der Waals surface area contributed by atoms with E-state index in [2.05, 4.69) is 10.5 Å². The highest BCUT2D eigenvalue weighted by atomic mass is 16.1. The van der Waals surface area contributed by atoms with Gasteiger partial charge in [-0.2, -0.15) is 5.10 Å². The van der Waals surface area contributed by atoms with Gasteiger partial charge in [0.05, 0.1) is 5.69 Å². The molecule has 14 heavy (non-hydrogen) atoms. The molecule has 0 unspecified atom stereocenters. The predicted octanol–water partition coefficient (Wildman–Crippen LogP) is 1.11. The zero-order valence-corrected chi connectivity index (χ0v) is 8.19. The number of hydrogen-bond acceptors (Lipinski definition) is 3. The van der Waals surface area contributed by atoms with E-state index < -0.39 is 0 Å². The Morgan fingerprint density at radius 3 is 2.57 bits per heavy atom. The molecule has 1 radical (unpaired) electrons. The van der Waals surface area contributed by atoms with Crippen LogP contribution in [-0.2, 0) is 4.79 Å². The number of amidine groups is 1. The van der Waals surface area contributed by atoms with Crippen LogP contribution >= 0.6 is 0 Å². The summed E-state index contributed by atoms with van der Waals surface area (Å²) in [5, 5.41) is 3.90. The van der Waals surface area contributed by atoms with Crippen molar-refractivity contribution in [2.75, 3.05) is 11.9 Å². The minimum atomic E-state index is 0.550. The zero-order valence-electron chi connectivity index (χ0n) is 8.19. The first kappa shape index (κ1) is 10.2. The van der Waals surface area contributed by atoms with E-state index in [0.29, 0.717) is 5.84 Å². The molecular formula is C10H12N3O. The largest absolute Gasteiger partial charge is 0.322 e. The van der Waals surface area contributed by atoms with Crippen LogP contribution in [0.2, 0.25) is 0 Å². The molecule has 1 rings (SSSR count). The summed E-state index contributed by atoms with van der Waals surface area (Å²) in [6, 6.07) is 9.23. The number of amides is 1. The Morgan fingerprint density at radius 1 is 1.43 bits per heavy atom. The summed E-state index contributed by atoms with van der Waals surface area (Å²) >= 11 is 0. The second-order valence-electron chi connectivity index (χ2n) is 2.64. The lowest BCUT2D eigenvalue weighted by Gasteiger charge is -2.14. The van der Waals surface area contributed by atoms with E-state index >= 15 is 0 Å². The molecule has 4 nitrogen and oxygen atoms in total. The fraction of sp³-hybridized carbons (Fsp3) is 0.200. The maximum absolute atomic E-state index is 10.7. The molecule has 1 N–H and O–H groups in total. The summed E-state index contributed by atoms with van der Waals surface area (Å²) in [6.07, 6.45) is 1.82. The van der Waals surface area contributed by atoms with Crippen LogP contribution in [0.4, 0.5) is 5.69 Å². The molecule has 0 bridgehead atoms. The lowest BCUT2D eigenvalue weighted by atomic mass is 10.3. The molecular weight excluding hydrogens is 178 g/mol. The van der Waals surface area contributed by atoms with Crippen LogP contribution in [0.3, 0.4) is 0 Å². The maximum Gasteiger partial charge on any atom is 0.322 e. The number of carbonyl (C=O) groups excluding carboxylic acids is 1. The van der Waals surface area contributed by atoms with Crippen LogP contribution in [0, 0.1) is 0 Å². The van der Waals surface area contributed by atoms with Gasteiger partial charge in [0.1, 0.15) is 5.84 Å². The maximum atomic E-state index is 10.7. The second kappa shape index (κ2) is 5.01. The summed E-state index contributed by atoms with van der Waals surface area (Å²) in [5.41, 5.74) is 3.37. The molecule has 0 aliphatic rings. The van der Waals surface area contributed by atoms with Crippen molar-refractivity contribution in [1.29, 1.82) is 0 Å². The van der Waals surface area contributed by atoms with E-state index in [9.17, 15) is 4.79 Å². The summed E-state index contributed by atoms with van der Waals surface area (Å²) < 4.78 is 0. The number of benzene rings is 1. The van der Waals surface area contributed by atoms with Crippen molar-refractivity contribution in [1.82, 2.24) is 5.43 Å². The quantitative estimate of drug-likeness (QED) is 0.336. The smallest absolute Gasteiger partial charge is 0.311 e. The highest BCUT2D eigenvalue weighted by molar-refractivity contribution is 6.08. The van der Waals surface area contributed by atoms with Gasteiger partial charge in [0.2, 0.25) is 0 Å². The summed E-state index contributed by atoms with van der Waals surface area (Å²) in [5.74, 6) is 0.550. The average Bonchev–Trinajstić information content (AvgIpc) is 2.21. The number of hydrazone groups is 1. The topological polar surface area (TPSA) is 44.7 Å². The van der Waals surface area contributed by atoms with Gasteiger partial charge in [-0.05, 0) is 19.1 Å². The van der Waals surface area contributed by atoms with Gasteiger partial charge >= 0.3 is 6.41 Å². The van der Waals surface area contributed by atoms with Gasteiger partial charge in [-0.25, -0.2) is 0 Å². The Bertz CT molecular complexity index is 321. The first-order chi connectivity index (χ1) is 6.79. The van der Waals surface area contributed by atoms with Crippen molar-refractivity contribution in [3.8, 4) is 0 Å². The number of anilines is 1. The average molecular weight is 190 g/mol. The zero-order chi connectivity index (χ0) is 10.4. The number of nitrogens with zero attached hydrogens (tertiary/aromatic N) is 2. The highest BCUT2D eigenvalue weighted by Gasteiger charge is 2.08. The van der Waals surface area contributed by atoms with E-state index in [4.69, 9.17) is 0 Å². The van der Waals surface area contributed by atoms with Gasteiger partial charge < -0.3 is 5.43 Å². The normalized spacial score (nSPS) is 10.9. The van der Waals surface area contributed by atoms with Gasteiger partial charge in [0.25, 0.3) is 0 Å². The molecule has 0 aliphatic heterocycles. The van der Waals surface area contributed by atoms with Crippen LogP contribution < -0.4 is 10.3 Å². The SMILES string of the molecule is CN/N=C(\C)N([C]=O)c1ccccc1. The van der Waals surface area contributed by atoms with Crippen LogP contribution in [0.25, 0.3) is 0 Å². The Morgan fingerprint density at radius 2 is 2.07 bits per heavy atom. The van der Waals surface area contributed by atoms with Crippen molar-refractivity contribution < 1.29 is 4.79 Å². The molecule has 0 atom stereocenters. The van der Waals surface area contributed by atoms with Crippen molar-refractivity contribution in [2.24, 2.45) is 5.10 Å². The van der Waals surface area contributed by atoms with Gasteiger partial charge in [0.15, 0.2) is 0 Å². The fourth-order valence-corrected chi connectivity index (χ4v) is 1.09. The molecule has 73 valence electrons. The molecule has 0 saturated heterocycles. The van der Waals surface area contributed by atoms with E-state index in [1.807, 2.05) is 36.7 Å². The Hall–Kier alpha value is -1.84. The summed E-state index contributed by atoms with van der Waals surface area (Å²) in [7, 11) is 1.68. The fourth-order valence-electron chi connectivity index (χ4n) is 1.09. The van der Waals surface area contributed by atoms with Gasteiger partial charge in [0, 0.05) is 7.05 Å². The predicted molar refractivity (Wildman–Crippen MR) is 56.8 cm³/mol. The number of para-hydroxylation sites is 1. The van der Waals surface area contributed by atoms with Crippen LogP contribution in [-0.4, -0.2) is 19.3 Å². The molecule has 0 spiro atoms. The number of rotatable bonds is 3. The van der Waals surface area contributed by atoms with Gasteiger partial charge in [-0.1, -0.05) is 18.2 Å². The van der Waals surface area contributed by atoms with Gasteiger partial charge in [-0.3, -0.25) is 9.69 Å². The third-order valence-electron chi connectivity index (χ3n) is 1.70. The Labute approximate surface area is 83.2 Å². The van der Waals surface area contributed by atoms with Crippen molar-refractivity contribution in [3.63, 3.8) is 0 Å². The lowest BCUT2D eigenvalue weighted by molar-refractivity contribution is 0.556. The van der Waals surface area contributed by atoms with Gasteiger partial charge in [-0.15, -0.1) is 0 Å². The molecule has 1 aromatic carbocycles. The van der Waals surface area contributed by atoms with Crippen molar-refractivity contribution in [2.45, 2.75) is 6.92 Å². The Balaban J connectivity index is 2.93. The van der Waals surface area contributed by atoms with E-state index in [1.54, 1.807) is 14.0 Å². The van der Waals surface area contributed by atoms with E-state index in [1.165, 1.54) is 4.90 Å². The van der Waals surface area contributed by atoms with E-state index in [0.717, 1.165) is 5.69 Å². The Kier molecular flexibility index (Phi) is 3.67. The number of nitrogens with one attached hydrogen (secondary N) is 1. The highest BCUT2D eigenvalue weighted by Crippen LogP contribution is 2.11. The molecule has 0 heterocycles. The third-order valence-corrected chi connectivity index (χ3v) is 1.70. The van der Waals surface area contributed by atoms with Crippen LogP contribution in [0.5, 0.6) is 0 Å². The molecule has 4 heteroatoms. The standard InChI is InChI=1S/C10H12N3O/c1-9(12-11-2)13(8-14)10-6-4-3-5-7-10/h3-7,11H,1-2H3/b12-9+. The lowest BCUT2D eigenvalue weighted by Crippen LogP contribution is -2.28. The van der Waals surface area contributed by atoms with Crippen LogP contribution in [0.1, 0.15) is 6.92 Å². The monoisotopic (exact) mass is 190 g/mol. The van der Waals surface area contributed by atoms with Crippen LogP contribution in [0.15, 0.2) is 35.4 Å². The molecule has 1 aromatic rings. The minimum absolute atomic E-state index is 0.550. The molecule has 1 amide bonds. The van der Waals surface area contributed by atoms with Crippen molar-refractivity contribution in [3.05, 3.63) is 30.3 Å². The third kappa shape index (κ3) is 2.32. The summed E-state index contributed by atoms with van der Waals surface area (Å²) in [4.78, 5) is 12.1. The second-order valence-corrected chi connectivity index (χ2v) is 2.64. The van der Waals surface area contributed by atoms with E-state index in [-0.39, 0.29) is 0 Å². The van der Waals surface area contributed by atoms with Crippen molar-refractivity contribution >= 4 is 17.9 Å². The first-order valence-electron chi connectivity index (χ1n) is 4.23. The summed E-state index contributed by atoms with van der Waals surface area (Å²) in [6.45, 7) is 1.73. The molecule has 0 aromatic heterocycles. The molecule has 0 fully saturated rings. The molecule has 0 aliphatic carbocycles.